The van der Waals surface area contributed by atoms with Crippen molar-refractivity contribution in [2.45, 2.75) is 522 Å². The van der Waals surface area contributed by atoms with E-state index in [-0.39, 0.29) is 0 Å². The molecule has 10 fully saturated rings. The van der Waals surface area contributed by atoms with Crippen LogP contribution in [-0.4, -0.2) is 0 Å². The lowest BCUT2D eigenvalue weighted by Gasteiger charge is -2.45. The molecule has 0 radical (unpaired) electrons. The van der Waals surface area contributed by atoms with Gasteiger partial charge in [0.15, 0.2) is 0 Å². The van der Waals surface area contributed by atoms with Gasteiger partial charge in [0.05, 0.1) is 0 Å². The van der Waals surface area contributed by atoms with Gasteiger partial charge in [-0.15, -0.1) is 0 Å². The maximum atomic E-state index is 2.46. The van der Waals surface area contributed by atoms with Crippen molar-refractivity contribution in [1.29, 1.82) is 0 Å². The molecule has 10 aliphatic carbocycles. The van der Waals surface area contributed by atoms with Crippen LogP contribution in [0, 0.1) is 217 Å². The van der Waals surface area contributed by atoms with Crippen molar-refractivity contribution in [3.63, 3.8) is 0 Å². The average Bonchev–Trinajstić information content (AvgIpc) is 1.61. The van der Waals surface area contributed by atoms with Crippen LogP contribution >= 0.6 is 0 Å². The Morgan fingerprint density at radius 3 is 0.843 bits per heavy atom. The van der Waals surface area contributed by atoms with Gasteiger partial charge in [-0.1, -0.05) is 362 Å². The van der Waals surface area contributed by atoms with Crippen molar-refractivity contribution in [1.82, 2.24) is 0 Å². The first-order chi connectivity index (χ1) is 55.7. The standard InChI is InChI=1S/C12H24.C12H18.C12H24.5C11H22.3C10H20/c2*1-9(2)11-5-7-12(8-6-11)10(3)4;1-10(2)6-5-7-11-8-9-12(11,3)4;1-8(2)6-11(5)7-10(11)9(3)4;2*1-8(2)5-10-6-11(7-10)9(3)4;1-8(2)5-10-7-11(10)6-9(3)4;1-9(2)5-6-10-7-11(3,4)8-10;1-8(2)5-9-6-10(3,4)7-9;1-7(2)9-5-10(6-9)8(3)4;1-7(2)5-9-6-10(9)8(3)4/h9-12H,5-8H2,1-4H3;5-10H,1-4H3;10-11H,5-9H2,1-4H3;8-10H,6-7H2,1-5H3;3*8-11H,5-7H2,1-4H3;9-10H,5-8H2,1-4H3;8-9H,5-7H2,1-4H3;2*7-10H,5-6H2,1-4H3. The van der Waals surface area contributed by atoms with Gasteiger partial charge in [-0.3, -0.25) is 0 Å². The van der Waals surface area contributed by atoms with Gasteiger partial charge in [-0.05, 0) is 413 Å². The maximum Gasteiger partial charge on any atom is -0.0219 e. The zero-order valence-electron chi connectivity index (χ0n) is 92.4. The van der Waals surface area contributed by atoms with Gasteiger partial charge >= 0.3 is 0 Å². The van der Waals surface area contributed by atoms with Crippen LogP contribution in [0.3, 0.4) is 0 Å². The molecule has 10 saturated carbocycles. The molecule has 720 valence electrons. The van der Waals surface area contributed by atoms with E-state index in [0.717, 1.165) is 195 Å². The Morgan fingerprint density at radius 2 is 0.595 bits per heavy atom. The van der Waals surface area contributed by atoms with E-state index in [4.69, 9.17) is 0 Å². The number of hydrogen-bond acceptors (Lipinski definition) is 0. The summed E-state index contributed by atoms with van der Waals surface area (Å²) < 4.78 is 0. The Kier molecular flexibility index (Phi) is 56.9. The minimum Gasteiger partial charge on any atom is -0.0628 e. The Labute approximate surface area is 769 Å². The van der Waals surface area contributed by atoms with Crippen LogP contribution in [0.5, 0.6) is 0 Å². The molecule has 0 aliphatic heterocycles. The first-order valence-corrected chi connectivity index (χ1v) is 54.8. The maximum absolute atomic E-state index is 2.46. The summed E-state index contributed by atoms with van der Waals surface area (Å²) in [6.45, 7) is 105. The van der Waals surface area contributed by atoms with Crippen LogP contribution in [0.2, 0.25) is 0 Å². The average molecular weight is 1690 g/mol. The second-order valence-electron chi connectivity index (χ2n) is 54.4. The molecular formula is C121H236. The van der Waals surface area contributed by atoms with Crippen molar-refractivity contribution >= 4 is 0 Å². The fourth-order valence-electron chi connectivity index (χ4n) is 23.5. The summed E-state index contributed by atoms with van der Waals surface area (Å²) in [4.78, 5) is 0. The Bertz CT molecular complexity index is 2460. The topological polar surface area (TPSA) is 0 Å². The third-order valence-corrected chi connectivity index (χ3v) is 32.3. The molecule has 7 unspecified atom stereocenters. The molecule has 0 nitrogen and oxygen atoms in total. The monoisotopic (exact) mass is 1690 g/mol. The van der Waals surface area contributed by atoms with Gasteiger partial charge in [-0.25, -0.2) is 0 Å². The summed E-state index contributed by atoms with van der Waals surface area (Å²) >= 11 is 0. The van der Waals surface area contributed by atoms with Crippen molar-refractivity contribution in [2.75, 3.05) is 0 Å². The molecule has 0 heteroatoms. The van der Waals surface area contributed by atoms with E-state index >= 15 is 0 Å². The van der Waals surface area contributed by atoms with Gasteiger partial charge < -0.3 is 0 Å². The smallest absolute Gasteiger partial charge is 0.0219 e. The lowest BCUT2D eigenvalue weighted by Crippen LogP contribution is -2.34. The first-order valence-electron chi connectivity index (χ1n) is 54.8. The lowest BCUT2D eigenvalue weighted by atomic mass is 9.61. The second kappa shape index (κ2) is 58.2. The van der Waals surface area contributed by atoms with Crippen molar-refractivity contribution in [3.05, 3.63) is 35.4 Å². The van der Waals surface area contributed by atoms with Crippen molar-refractivity contribution in [3.8, 4) is 0 Å². The predicted octanol–water partition coefficient (Wildman–Crippen LogP) is 41.1. The summed E-state index contributed by atoms with van der Waals surface area (Å²) in [6, 6.07) is 8.94. The van der Waals surface area contributed by atoms with E-state index in [0.29, 0.717) is 33.5 Å². The highest BCUT2D eigenvalue weighted by atomic mass is 14.6. The third-order valence-electron chi connectivity index (χ3n) is 32.3. The van der Waals surface area contributed by atoms with E-state index in [2.05, 4.69) is 336 Å². The molecule has 0 N–H and O–H groups in total. The van der Waals surface area contributed by atoms with Crippen molar-refractivity contribution < 1.29 is 0 Å². The molecular weight excluding hydrogens is 1450 g/mol. The number of hydrogen-bond donors (Lipinski definition) is 0. The molecule has 10 aliphatic rings. The highest BCUT2D eigenvalue weighted by Gasteiger charge is 2.51. The summed E-state index contributed by atoms with van der Waals surface area (Å²) in [5, 5.41) is 0. The quantitative estimate of drug-likeness (QED) is 0.0695. The van der Waals surface area contributed by atoms with Gasteiger partial charge in [-0.2, -0.15) is 0 Å². The normalized spacial score (nSPS) is 28.2. The minimum atomic E-state index is 0.645. The van der Waals surface area contributed by atoms with E-state index in [1.807, 2.05) is 0 Å². The SMILES string of the molecule is CC(C)C1CC(C(C)C)C1.CC(C)C1CCC(C(C)C)CC1.CC(C)CC1(C)CC1C(C)C.CC(C)CC1CC(C(C)C)C1.CC(C)CC1CC(C(C)C)C1.CC(C)CC1CC(C)(C)C1.CC(C)CC1CC1C(C)C.CC(C)CC1CC1CC(C)C.CC(C)CCC1CC(C)(C)C1.CC(C)CCCC1CCC1(C)C.CC(C)c1ccc(C(C)C)cc1. The summed E-state index contributed by atoms with van der Waals surface area (Å²) in [5.74, 6) is 33.7. The van der Waals surface area contributed by atoms with Gasteiger partial charge in [0.25, 0.3) is 0 Å². The molecule has 1 aromatic rings. The lowest BCUT2D eigenvalue weighted by molar-refractivity contribution is 0.0616. The Hall–Kier alpha value is -0.780. The van der Waals surface area contributed by atoms with Gasteiger partial charge in [0.2, 0.25) is 0 Å². The fraction of sp³-hybridized carbons (Fsp3) is 0.950. The zero-order valence-corrected chi connectivity index (χ0v) is 92.4. The summed E-state index contributed by atoms with van der Waals surface area (Å²) in [6.07, 6.45) is 45.8. The molecule has 1 aromatic carbocycles. The minimum absolute atomic E-state index is 0.645. The second-order valence-corrected chi connectivity index (χ2v) is 54.4. The molecule has 0 saturated heterocycles. The predicted molar refractivity (Wildman–Crippen MR) is 555 cm³/mol. The van der Waals surface area contributed by atoms with Crippen LogP contribution in [-0.2, 0) is 0 Å². The van der Waals surface area contributed by atoms with E-state index < -0.39 is 0 Å². The third kappa shape index (κ3) is 52.8. The number of rotatable bonds is 31. The van der Waals surface area contributed by atoms with Gasteiger partial charge in [0.1, 0.15) is 0 Å². The van der Waals surface area contributed by atoms with E-state index in [1.165, 1.54) is 210 Å². The molecule has 0 spiro atoms. The van der Waals surface area contributed by atoms with Crippen LogP contribution in [0.25, 0.3) is 0 Å². The molecule has 0 aromatic heterocycles. The highest BCUT2D eigenvalue weighted by Crippen LogP contribution is 2.60. The van der Waals surface area contributed by atoms with Crippen LogP contribution in [0.4, 0.5) is 0 Å². The number of benzene rings is 1. The summed E-state index contributed by atoms with van der Waals surface area (Å²) in [5.41, 5.74) is 5.61. The fourth-order valence-corrected chi connectivity index (χ4v) is 23.5. The molecule has 0 amide bonds. The van der Waals surface area contributed by atoms with Crippen molar-refractivity contribution in [2.24, 2.45) is 217 Å². The molecule has 0 bridgehead atoms. The van der Waals surface area contributed by atoms with Crippen LogP contribution in [0.15, 0.2) is 24.3 Å². The zero-order chi connectivity index (χ0) is 93.1. The van der Waals surface area contributed by atoms with Crippen LogP contribution < -0.4 is 0 Å². The van der Waals surface area contributed by atoms with E-state index in [9.17, 15) is 0 Å². The molecule has 11 rings (SSSR count). The van der Waals surface area contributed by atoms with Crippen LogP contribution in [0.1, 0.15) is 534 Å². The van der Waals surface area contributed by atoms with E-state index in [1.54, 1.807) is 0 Å². The first kappa shape index (κ1) is 118. The molecule has 0 heterocycles. The largest absolute Gasteiger partial charge is 0.0628 e. The summed E-state index contributed by atoms with van der Waals surface area (Å²) in [7, 11) is 0. The highest BCUT2D eigenvalue weighted by molar-refractivity contribution is 5.26. The molecule has 7 atom stereocenters. The Morgan fingerprint density at radius 1 is 0.273 bits per heavy atom. The van der Waals surface area contributed by atoms with Gasteiger partial charge in [0, 0.05) is 0 Å². The Balaban J connectivity index is 0.000000666. The molecule has 121 heavy (non-hydrogen) atoms.